The van der Waals surface area contributed by atoms with Crippen molar-refractivity contribution >= 4 is 28.8 Å². The highest BCUT2D eigenvalue weighted by atomic mass is 19.1. The number of anilines is 2. The molecule has 0 radical (unpaired) electrons. The number of ether oxygens (including phenoxy) is 1. The van der Waals surface area contributed by atoms with Crippen molar-refractivity contribution in [2.75, 3.05) is 17.3 Å². The molecule has 1 aliphatic rings. The Morgan fingerprint density at radius 1 is 0.903 bits per heavy atom. The first-order chi connectivity index (χ1) is 14.9. The molecule has 5 nitrogen and oxygen atoms in total. The van der Waals surface area contributed by atoms with Crippen LogP contribution >= 0.6 is 0 Å². The third-order valence-electron chi connectivity index (χ3n) is 4.91. The van der Waals surface area contributed by atoms with E-state index in [0.29, 0.717) is 21.9 Å². The zero-order valence-electron chi connectivity index (χ0n) is 16.8. The van der Waals surface area contributed by atoms with E-state index in [-0.39, 0.29) is 11.3 Å². The summed E-state index contributed by atoms with van der Waals surface area (Å²) < 4.78 is 33.6. The van der Waals surface area contributed by atoms with Gasteiger partial charge in [-0.05, 0) is 42.3 Å². The Morgan fingerprint density at radius 2 is 1.65 bits per heavy atom. The first-order valence-corrected chi connectivity index (χ1v) is 9.46. The van der Waals surface area contributed by atoms with Gasteiger partial charge in [-0.2, -0.15) is 0 Å². The van der Waals surface area contributed by atoms with Crippen molar-refractivity contribution in [2.24, 2.45) is 0 Å². The number of halogens is 2. The number of methoxy groups -OCH3 is 1. The Balaban J connectivity index is 1.87. The van der Waals surface area contributed by atoms with Crippen molar-refractivity contribution in [3.05, 3.63) is 95.2 Å². The zero-order chi connectivity index (χ0) is 22.1. The van der Waals surface area contributed by atoms with Crippen molar-refractivity contribution in [3.63, 3.8) is 0 Å². The van der Waals surface area contributed by atoms with Crippen LogP contribution in [-0.4, -0.2) is 18.9 Å². The lowest BCUT2D eigenvalue weighted by molar-refractivity contribution is -0.120. The Morgan fingerprint density at radius 3 is 2.35 bits per heavy atom. The number of carbonyl (C=O) groups excluding carboxylic acids is 2. The van der Waals surface area contributed by atoms with Crippen molar-refractivity contribution in [3.8, 4) is 5.75 Å². The van der Waals surface area contributed by atoms with Crippen LogP contribution in [0, 0.1) is 18.6 Å². The van der Waals surface area contributed by atoms with Gasteiger partial charge in [-0.3, -0.25) is 9.59 Å². The molecule has 0 bridgehead atoms. The third-order valence-corrected chi connectivity index (χ3v) is 4.91. The fourth-order valence-corrected chi connectivity index (χ4v) is 3.45. The van der Waals surface area contributed by atoms with Crippen LogP contribution in [0.25, 0.3) is 5.57 Å². The largest absolute Gasteiger partial charge is 0.495 e. The van der Waals surface area contributed by atoms with E-state index in [1.165, 1.54) is 7.11 Å². The molecule has 3 aromatic carbocycles. The second-order valence-corrected chi connectivity index (χ2v) is 6.99. The standard InChI is InChI=1S/C24H18F2N2O3/c1-14-8-11-20(31-2)18(12-14)27-22-21(15-6-4-3-5-7-15)23(29)28(24(22)30)19-13-16(25)9-10-17(19)26/h3-13,27H,1-2H3. The molecule has 31 heavy (non-hydrogen) atoms. The van der Waals surface area contributed by atoms with E-state index in [0.717, 1.165) is 23.8 Å². The second-order valence-electron chi connectivity index (χ2n) is 6.99. The summed E-state index contributed by atoms with van der Waals surface area (Å²) in [6.45, 7) is 1.87. The SMILES string of the molecule is COc1ccc(C)cc1NC1=C(c2ccccc2)C(=O)N(c2cc(F)ccc2F)C1=O. The van der Waals surface area contributed by atoms with E-state index >= 15 is 0 Å². The molecule has 3 aromatic rings. The zero-order valence-corrected chi connectivity index (χ0v) is 16.8. The first kappa shape index (κ1) is 20.3. The maximum absolute atomic E-state index is 14.5. The molecule has 1 N–H and O–H groups in total. The van der Waals surface area contributed by atoms with Gasteiger partial charge in [0.25, 0.3) is 11.8 Å². The lowest BCUT2D eigenvalue weighted by Gasteiger charge is -2.17. The number of nitrogens with zero attached hydrogens (tertiary/aromatic N) is 1. The van der Waals surface area contributed by atoms with Gasteiger partial charge < -0.3 is 10.1 Å². The highest BCUT2D eigenvalue weighted by Crippen LogP contribution is 2.36. The summed E-state index contributed by atoms with van der Waals surface area (Å²) >= 11 is 0. The minimum Gasteiger partial charge on any atom is -0.495 e. The van der Waals surface area contributed by atoms with Crippen LogP contribution in [0.5, 0.6) is 5.75 Å². The van der Waals surface area contributed by atoms with Gasteiger partial charge in [0.2, 0.25) is 0 Å². The third kappa shape index (κ3) is 3.66. The molecule has 4 rings (SSSR count). The molecular weight excluding hydrogens is 402 g/mol. The molecule has 0 spiro atoms. The van der Waals surface area contributed by atoms with Gasteiger partial charge in [-0.1, -0.05) is 36.4 Å². The van der Waals surface area contributed by atoms with Crippen LogP contribution in [0.15, 0.2) is 72.4 Å². The summed E-state index contributed by atoms with van der Waals surface area (Å²) in [5.74, 6) is -2.74. The topological polar surface area (TPSA) is 58.6 Å². The van der Waals surface area contributed by atoms with E-state index in [2.05, 4.69) is 5.32 Å². The van der Waals surface area contributed by atoms with Gasteiger partial charge in [0.15, 0.2) is 0 Å². The van der Waals surface area contributed by atoms with E-state index in [1.807, 2.05) is 13.0 Å². The summed E-state index contributed by atoms with van der Waals surface area (Å²) in [7, 11) is 1.48. The van der Waals surface area contributed by atoms with Crippen molar-refractivity contribution in [1.29, 1.82) is 0 Å². The molecule has 1 aliphatic heterocycles. The Bertz CT molecular complexity index is 1220. The minimum absolute atomic E-state index is 0.0521. The molecule has 156 valence electrons. The highest BCUT2D eigenvalue weighted by Gasteiger charge is 2.41. The molecule has 1 heterocycles. The van der Waals surface area contributed by atoms with E-state index in [1.54, 1.807) is 42.5 Å². The summed E-state index contributed by atoms with van der Waals surface area (Å²) in [5.41, 5.74) is 1.39. The van der Waals surface area contributed by atoms with Crippen molar-refractivity contribution in [1.82, 2.24) is 0 Å². The molecule has 0 aliphatic carbocycles. The molecule has 0 fully saturated rings. The number of rotatable bonds is 5. The molecular formula is C24H18F2N2O3. The van der Waals surface area contributed by atoms with Crippen LogP contribution in [-0.2, 0) is 9.59 Å². The molecule has 0 saturated heterocycles. The number of hydrogen-bond acceptors (Lipinski definition) is 4. The van der Waals surface area contributed by atoms with Gasteiger partial charge >= 0.3 is 0 Å². The van der Waals surface area contributed by atoms with Crippen molar-refractivity contribution in [2.45, 2.75) is 6.92 Å². The quantitative estimate of drug-likeness (QED) is 0.609. The number of carbonyl (C=O) groups is 2. The smallest absolute Gasteiger partial charge is 0.282 e. The second kappa shape index (κ2) is 8.02. The fraction of sp³-hybridized carbons (Fsp3) is 0.0833. The normalized spacial score (nSPS) is 13.7. The number of hydrogen-bond donors (Lipinski definition) is 1. The number of aryl methyl sites for hydroxylation is 1. The van der Waals surface area contributed by atoms with E-state index < -0.39 is 29.1 Å². The summed E-state index contributed by atoms with van der Waals surface area (Å²) in [5, 5.41) is 2.99. The maximum atomic E-state index is 14.5. The number of amides is 2. The Hall–Kier alpha value is -4.00. The monoisotopic (exact) mass is 420 g/mol. The van der Waals surface area contributed by atoms with Crippen LogP contribution < -0.4 is 15.0 Å². The van der Waals surface area contributed by atoms with E-state index in [9.17, 15) is 18.4 Å². The van der Waals surface area contributed by atoms with Crippen LogP contribution in [0.1, 0.15) is 11.1 Å². The predicted molar refractivity (Wildman–Crippen MR) is 114 cm³/mol. The molecule has 0 aromatic heterocycles. The van der Waals surface area contributed by atoms with Gasteiger partial charge in [-0.25, -0.2) is 13.7 Å². The number of imide groups is 1. The number of nitrogens with one attached hydrogen (secondary N) is 1. The molecule has 0 atom stereocenters. The van der Waals surface area contributed by atoms with Crippen LogP contribution in [0.2, 0.25) is 0 Å². The average molecular weight is 420 g/mol. The van der Waals surface area contributed by atoms with Gasteiger partial charge in [-0.15, -0.1) is 0 Å². The summed E-state index contributed by atoms with van der Waals surface area (Å²) in [6.07, 6.45) is 0. The Labute approximate surface area is 177 Å². The highest BCUT2D eigenvalue weighted by molar-refractivity contribution is 6.46. The minimum atomic E-state index is -0.884. The molecule has 7 heteroatoms. The predicted octanol–water partition coefficient (Wildman–Crippen LogP) is 4.68. The average Bonchev–Trinajstić information content (AvgIpc) is 3.00. The summed E-state index contributed by atoms with van der Waals surface area (Å²) in [6, 6.07) is 16.5. The molecule has 0 saturated carbocycles. The van der Waals surface area contributed by atoms with Gasteiger partial charge in [0.05, 0.1) is 24.1 Å². The first-order valence-electron chi connectivity index (χ1n) is 9.46. The summed E-state index contributed by atoms with van der Waals surface area (Å²) in [4.78, 5) is 27.2. The van der Waals surface area contributed by atoms with Gasteiger partial charge in [0, 0.05) is 6.07 Å². The number of benzene rings is 3. The lowest BCUT2D eigenvalue weighted by atomic mass is 10.0. The lowest BCUT2D eigenvalue weighted by Crippen LogP contribution is -2.33. The molecule has 2 amide bonds. The fourth-order valence-electron chi connectivity index (χ4n) is 3.45. The van der Waals surface area contributed by atoms with Crippen LogP contribution in [0.3, 0.4) is 0 Å². The van der Waals surface area contributed by atoms with Crippen LogP contribution in [0.4, 0.5) is 20.2 Å². The Kier molecular flexibility index (Phi) is 5.25. The maximum Gasteiger partial charge on any atom is 0.282 e. The van der Waals surface area contributed by atoms with E-state index in [4.69, 9.17) is 4.74 Å². The molecule has 0 unspecified atom stereocenters. The van der Waals surface area contributed by atoms with Gasteiger partial charge in [0.1, 0.15) is 23.1 Å². The van der Waals surface area contributed by atoms with Crippen molar-refractivity contribution < 1.29 is 23.1 Å².